The lowest BCUT2D eigenvalue weighted by Gasteiger charge is -2.04. The molecule has 2 rings (SSSR count). The van der Waals surface area contributed by atoms with E-state index in [4.69, 9.17) is 5.73 Å². The zero-order chi connectivity index (χ0) is 9.80. The SMILES string of the molecule is NCCCCC1=CCc2ccccc21. The van der Waals surface area contributed by atoms with Crippen LogP contribution in [-0.2, 0) is 6.42 Å². The van der Waals surface area contributed by atoms with Crippen molar-refractivity contribution in [3.63, 3.8) is 0 Å². The highest BCUT2D eigenvalue weighted by molar-refractivity contribution is 5.72. The Morgan fingerprint density at radius 1 is 1.14 bits per heavy atom. The van der Waals surface area contributed by atoms with Crippen molar-refractivity contribution in [1.29, 1.82) is 0 Å². The number of hydrogen-bond acceptors (Lipinski definition) is 1. The molecule has 0 unspecified atom stereocenters. The van der Waals surface area contributed by atoms with Gasteiger partial charge in [-0.25, -0.2) is 0 Å². The summed E-state index contributed by atoms with van der Waals surface area (Å²) in [6, 6.07) is 8.70. The topological polar surface area (TPSA) is 26.0 Å². The minimum Gasteiger partial charge on any atom is -0.330 e. The summed E-state index contributed by atoms with van der Waals surface area (Å²) in [5.41, 5.74) is 9.95. The van der Waals surface area contributed by atoms with E-state index in [2.05, 4.69) is 30.3 Å². The summed E-state index contributed by atoms with van der Waals surface area (Å²) < 4.78 is 0. The van der Waals surface area contributed by atoms with Crippen LogP contribution in [0.1, 0.15) is 30.4 Å². The Hall–Kier alpha value is -1.08. The van der Waals surface area contributed by atoms with Crippen LogP contribution < -0.4 is 5.73 Å². The molecule has 0 aromatic heterocycles. The zero-order valence-electron chi connectivity index (χ0n) is 8.50. The fourth-order valence-corrected chi connectivity index (χ4v) is 2.05. The third-order valence-corrected chi connectivity index (χ3v) is 2.83. The number of hydrogen-bond donors (Lipinski definition) is 1. The molecule has 1 aliphatic rings. The van der Waals surface area contributed by atoms with Gasteiger partial charge in [-0.15, -0.1) is 0 Å². The highest BCUT2D eigenvalue weighted by Crippen LogP contribution is 2.30. The summed E-state index contributed by atoms with van der Waals surface area (Å²) in [7, 11) is 0. The van der Waals surface area contributed by atoms with Crippen molar-refractivity contribution in [3.8, 4) is 0 Å². The average molecular weight is 187 g/mol. The minimum absolute atomic E-state index is 0.814. The van der Waals surface area contributed by atoms with E-state index in [9.17, 15) is 0 Å². The first-order valence-corrected chi connectivity index (χ1v) is 5.39. The van der Waals surface area contributed by atoms with Gasteiger partial charge in [0.2, 0.25) is 0 Å². The molecule has 0 saturated carbocycles. The number of rotatable bonds is 4. The molecule has 0 radical (unpaired) electrons. The molecule has 0 spiro atoms. The van der Waals surface area contributed by atoms with Crippen molar-refractivity contribution < 1.29 is 0 Å². The molecule has 1 aromatic carbocycles. The van der Waals surface area contributed by atoms with E-state index in [0.717, 1.165) is 19.4 Å². The van der Waals surface area contributed by atoms with Crippen LogP contribution in [0.25, 0.3) is 5.57 Å². The van der Waals surface area contributed by atoms with Crippen molar-refractivity contribution >= 4 is 5.57 Å². The van der Waals surface area contributed by atoms with E-state index < -0.39 is 0 Å². The molecule has 1 aromatic rings. The van der Waals surface area contributed by atoms with Gasteiger partial charge in [0.25, 0.3) is 0 Å². The maximum Gasteiger partial charge on any atom is -0.00772 e. The van der Waals surface area contributed by atoms with Crippen LogP contribution in [0.4, 0.5) is 0 Å². The van der Waals surface area contributed by atoms with Gasteiger partial charge in [-0.1, -0.05) is 30.3 Å². The van der Waals surface area contributed by atoms with Gasteiger partial charge >= 0.3 is 0 Å². The van der Waals surface area contributed by atoms with Gasteiger partial charge in [-0.3, -0.25) is 0 Å². The second kappa shape index (κ2) is 4.43. The summed E-state index contributed by atoms with van der Waals surface area (Å²) >= 11 is 0. The lowest BCUT2D eigenvalue weighted by molar-refractivity contribution is 0.766. The zero-order valence-corrected chi connectivity index (χ0v) is 8.50. The molecular weight excluding hydrogens is 170 g/mol. The maximum absolute atomic E-state index is 5.49. The van der Waals surface area contributed by atoms with Crippen LogP contribution in [0.2, 0.25) is 0 Å². The number of allylic oxidation sites excluding steroid dienone is 2. The Morgan fingerprint density at radius 3 is 2.86 bits per heavy atom. The highest BCUT2D eigenvalue weighted by atomic mass is 14.5. The van der Waals surface area contributed by atoms with E-state index in [0.29, 0.717) is 0 Å². The Morgan fingerprint density at radius 2 is 2.00 bits per heavy atom. The highest BCUT2D eigenvalue weighted by Gasteiger charge is 2.11. The van der Waals surface area contributed by atoms with Gasteiger partial charge in [0.1, 0.15) is 0 Å². The molecule has 74 valence electrons. The standard InChI is InChI=1S/C13H17N/c14-10-4-3-6-12-9-8-11-5-1-2-7-13(11)12/h1-2,5,7,9H,3-4,6,8,10,14H2. The van der Waals surface area contributed by atoms with Gasteiger partial charge in [0, 0.05) is 0 Å². The third-order valence-electron chi connectivity index (χ3n) is 2.83. The Kier molecular flexibility index (Phi) is 3.00. The van der Waals surface area contributed by atoms with E-state index in [1.165, 1.54) is 29.5 Å². The van der Waals surface area contributed by atoms with Crippen molar-refractivity contribution in [2.45, 2.75) is 25.7 Å². The van der Waals surface area contributed by atoms with Gasteiger partial charge in [-0.2, -0.15) is 0 Å². The Balaban J connectivity index is 2.02. The lowest BCUT2D eigenvalue weighted by atomic mass is 10.0. The molecule has 0 heterocycles. The number of fused-ring (bicyclic) bond motifs is 1. The Labute approximate surface area is 85.6 Å². The third kappa shape index (κ3) is 1.88. The van der Waals surface area contributed by atoms with Gasteiger partial charge < -0.3 is 5.73 Å². The molecule has 0 fully saturated rings. The molecule has 0 bridgehead atoms. The summed E-state index contributed by atoms with van der Waals surface area (Å²) in [4.78, 5) is 0. The first kappa shape index (κ1) is 9.47. The number of benzene rings is 1. The summed E-state index contributed by atoms with van der Waals surface area (Å²) in [5.74, 6) is 0. The first-order chi connectivity index (χ1) is 6.92. The molecule has 1 heteroatoms. The lowest BCUT2D eigenvalue weighted by Crippen LogP contribution is -1.97. The first-order valence-electron chi connectivity index (χ1n) is 5.39. The van der Waals surface area contributed by atoms with Crippen LogP contribution in [-0.4, -0.2) is 6.54 Å². The van der Waals surface area contributed by atoms with Crippen molar-refractivity contribution in [2.75, 3.05) is 6.54 Å². The summed E-state index contributed by atoms with van der Waals surface area (Å²) in [6.07, 6.45) is 7.03. The molecule has 0 saturated heterocycles. The van der Waals surface area contributed by atoms with Crippen LogP contribution in [0.15, 0.2) is 30.3 Å². The normalized spacial score (nSPS) is 13.9. The largest absolute Gasteiger partial charge is 0.330 e. The Bertz CT molecular complexity index is 339. The predicted octanol–water partition coefficient (Wildman–Crippen LogP) is 2.76. The van der Waals surface area contributed by atoms with Crippen molar-refractivity contribution in [1.82, 2.24) is 0 Å². The molecule has 0 atom stereocenters. The van der Waals surface area contributed by atoms with E-state index in [1.54, 1.807) is 0 Å². The van der Waals surface area contributed by atoms with Gasteiger partial charge in [-0.05, 0) is 48.9 Å². The fraction of sp³-hybridized carbons (Fsp3) is 0.385. The summed E-state index contributed by atoms with van der Waals surface area (Å²) in [5, 5.41) is 0. The monoisotopic (exact) mass is 187 g/mol. The van der Waals surface area contributed by atoms with Crippen LogP contribution in [0.3, 0.4) is 0 Å². The van der Waals surface area contributed by atoms with Crippen molar-refractivity contribution in [2.24, 2.45) is 5.73 Å². The van der Waals surface area contributed by atoms with Crippen LogP contribution in [0.5, 0.6) is 0 Å². The van der Waals surface area contributed by atoms with Crippen molar-refractivity contribution in [3.05, 3.63) is 41.5 Å². The van der Waals surface area contributed by atoms with E-state index in [-0.39, 0.29) is 0 Å². The molecule has 0 aliphatic heterocycles. The molecular formula is C13H17N. The van der Waals surface area contributed by atoms with E-state index in [1.807, 2.05) is 0 Å². The number of nitrogens with two attached hydrogens (primary N) is 1. The second-order valence-electron chi connectivity index (χ2n) is 3.84. The van der Waals surface area contributed by atoms with Gasteiger partial charge in [0.05, 0.1) is 0 Å². The molecule has 0 amide bonds. The van der Waals surface area contributed by atoms with Gasteiger partial charge in [0.15, 0.2) is 0 Å². The van der Waals surface area contributed by atoms with Crippen LogP contribution >= 0.6 is 0 Å². The molecule has 2 N–H and O–H groups in total. The smallest absolute Gasteiger partial charge is 0.00772 e. The average Bonchev–Trinajstić information content (AvgIpc) is 2.63. The molecule has 1 nitrogen and oxygen atoms in total. The quantitative estimate of drug-likeness (QED) is 0.721. The predicted molar refractivity (Wildman–Crippen MR) is 61.0 cm³/mol. The maximum atomic E-state index is 5.49. The molecule has 14 heavy (non-hydrogen) atoms. The van der Waals surface area contributed by atoms with Crippen LogP contribution in [0, 0.1) is 0 Å². The molecule has 1 aliphatic carbocycles. The summed E-state index contributed by atoms with van der Waals surface area (Å²) in [6.45, 7) is 0.814. The van der Waals surface area contributed by atoms with E-state index >= 15 is 0 Å². The number of unbranched alkanes of at least 4 members (excludes halogenated alkanes) is 1. The second-order valence-corrected chi connectivity index (χ2v) is 3.84. The minimum atomic E-state index is 0.814. The fourth-order valence-electron chi connectivity index (χ4n) is 2.05.